The maximum absolute atomic E-state index is 12.8. The Kier molecular flexibility index (Phi) is 7.21. The number of hydrogen-bond donors (Lipinski definition) is 0. The molecule has 1 aliphatic carbocycles. The quantitative estimate of drug-likeness (QED) is 0.285. The summed E-state index contributed by atoms with van der Waals surface area (Å²) in [4.78, 5) is 28.9. The highest BCUT2D eigenvalue weighted by atomic mass is 79.9. The van der Waals surface area contributed by atoms with Crippen LogP contribution in [-0.2, 0) is 16.8 Å². The number of rotatable bonds is 9. The molecule has 1 fully saturated rings. The van der Waals surface area contributed by atoms with E-state index in [2.05, 4.69) is 20.8 Å². The van der Waals surface area contributed by atoms with Crippen molar-refractivity contribution in [2.75, 3.05) is 33.2 Å². The van der Waals surface area contributed by atoms with Crippen LogP contribution < -0.4 is 9.64 Å². The fourth-order valence-corrected chi connectivity index (χ4v) is 4.68. The Morgan fingerprint density at radius 3 is 2.35 bits per heavy atom. The lowest BCUT2D eigenvalue weighted by atomic mass is 9.64. The van der Waals surface area contributed by atoms with E-state index in [1.165, 1.54) is 0 Å². The highest BCUT2D eigenvalue weighted by molar-refractivity contribution is 9.10. The molecule has 2 aromatic carbocycles. The molecule has 6 heteroatoms. The first-order valence-corrected chi connectivity index (χ1v) is 11.1. The van der Waals surface area contributed by atoms with E-state index in [0.29, 0.717) is 12.1 Å². The molecule has 5 nitrogen and oxygen atoms in total. The zero-order valence-corrected chi connectivity index (χ0v) is 20.1. The van der Waals surface area contributed by atoms with Crippen molar-refractivity contribution in [2.24, 2.45) is 0 Å². The highest BCUT2D eigenvalue weighted by Crippen LogP contribution is 2.48. The van der Waals surface area contributed by atoms with Crippen molar-refractivity contribution in [2.45, 2.75) is 31.2 Å². The Bertz CT molecular complexity index is 979. The third kappa shape index (κ3) is 5.01. The third-order valence-electron chi connectivity index (χ3n) is 5.84. The summed E-state index contributed by atoms with van der Waals surface area (Å²) < 4.78 is 6.06. The van der Waals surface area contributed by atoms with Crippen molar-refractivity contribution in [1.82, 2.24) is 4.90 Å². The van der Waals surface area contributed by atoms with Crippen LogP contribution in [0.4, 0.5) is 5.69 Å². The van der Waals surface area contributed by atoms with Gasteiger partial charge in [0, 0.05) is 50.0 Å². The van der Waals surface area contributed by atoms with Crippen molar-refractivity contribution in [1.29, 1.82) is 0 Å². The number of ether oxygens (including phenoxy) is 1. The number of allylic oxidation sites excluding steroid dienone is 1. The minimum absolute atomic E-state index is 0.0830. The van der Waals surface area contributed by atoms with Gasteiger partial charge < -0.3 is 19.3 Å². The Balaban J connectivity index is 2.01. The molecule has 31 heavy (non-hydrogen) atoms. The van der Waals surface area contributed by atoms with Crippen molar-refractivity contribution in [3.8, 4) is 5.75 Å². The van der Waals surface area contributed by atoms with Crippen LogP contribution in [0.25, 0.3) is 0 Å². The summed E-state index contributed by atoms with van der Waals surface area (Å²) in [6, 6.07) is 11.7. The first-order chi connectivity index (χ1) is 14.8. The normalized spacial score (nSPS) is 14.7. The number of anilines is 1. The molecule has 0 amide bonds. The number of nitrogens with zero attached hydrogens (tertiary/aromatic N) is 2. The average Bonchev–Trinajstić information content (AvgIpc) is 2.71. The van der Waals surface area contributed by atoms with E-state index in [0.717, 1.165) is 52.6 Å². The molecule has 0 atom stereocenters. The monoisotopic (exact) mass is 484 g/mol. The maximum Gasteiger partial charge on any atom is 0.187 e. The Morgan fingerprint density at radius 1 is 1.16 bits per heavy atom. The summed E-state index contributed by atoms with van der Waals surface area (Å²) >= 11 is 3.69. The van der Waals surface area contributed by atoms with Gasteiger partial charge in [-0.2, -0.15) is 0 Å². The van der Waals surface area contributed by atoms with Crippen LogP contribution in [0, 0.1) is 0 Å². The number of aldehydes is 1. The molecule has 0 aliphatic heterocycles. The van der Waals surface area contributed by atoms with Crippen LogP contribution in [0.3, 0.4) is 0 Å². The van der Waals surface area contributed by atoms with E-state index in [1.54, 1.807) is 19.4 Å². The van der Waals surface area contributed by atoms with Crippen LogP contribution in [-0.4, -0.2) is 45.2 Å². The topological polar surface area (TPSA) is 49.9 Å². The Hall–Kier alpha value is -2.60. The molecule has 0 saturated heterocycles. The molecule has 0 bridgehead atoms. The van der Waals surface area contributed by atoms with Gasteiger partial charge in [-0.3, -0.25) is 4.79 Å². The zero-order valence-electron chi connectivity index (χ0n) is 18.5. The molecule has 164 valence electrons. The van der Waals surface area contributed by atoms with E-state index in [-0.39, 0.29) is 5.78 Å². The van der Waals surface area contributed by atoms with Gasteiger partial charge >= 0.3 is 0 Å². The van der Waals surface area contributed by atoms with Crippen LogP contribution in [0.5, 0.6) is 5.75 Å². The molecule has 0 radical (unpaired) electrons. The standard InChI is InChI=1S/C25H29BrN2O3/c1-27(2)13-10-23(30)19-14-21(25(17-29)11-5-12-25)24(22(26)15-19)28(3)16-18-6-8-20(31-4)9-7-18/h6-10,13-15,17H,5,11-12,16H2,1-4H3/b13-10+. The van der Waals surface area contributed by atoms with Crippen molar-refractivity contribution in [3.63, 3.8) is 0 Å². The molecular formula is C25H29BrN2O3. The van der Waals surface area contributed by atoms with Crippen molar-refractivity contribution in [3.05, 3.63) is 69.8 Å². The predicted molar refractivity (Wildman–Crippen MR) is 128 cm³/mol. The number of benzene rings is 2. The Morgan fingerprint density at radius 2 is 1.84 bits per heavy atom. The minimum Gasteiger partial charge on any atom is -0.497 e. The zero-order chi connectivity index (χ0) is 22.6. The molecular weight excluding hydrogens is 456 g/mol. The number of hydrogen-bond acceptors (Lipinski definition) is 5. The second-order valence-corrected chi connectivity index (χ2v) is 9.18. The molecule has 1 saturated carbocycles. The van der Waals surface area contributed by atoms with Crippen molar-refractivity contribution < 1.29 is 14.3 Å². The summed E-state index contributed by atoms with van der Waals surface area (Å²) in [5, 5.41) is 0. The van der Waals surface area contributed by atoms with E-state index in [4.69, 9.17) is 4.74 Å². The van der Waals surface area contributed by atoms with Gasteiger partial charge in [0.1, 0.15) is 12.0 Å². The lowest BCUT2D eigenvalue weighted by Gasteiger charge is -2.40. The summed E-state index contributed by atoms with van der Waals surface area (Å²) in [7, 11) is 7.41. The Labute approximate surface area is 192 Å². The lowest BCUT2D eigenvalue weighted by Crippen LogP contribution is -2.38. The summed E-state index contributed by atoms with van der Waals surface area (Å²) in [6.45, 7) is 0.665. The van der Waals surface area contributed by atoms with Crippen LogP contribution >= 0.6 is 15.9 Å². The SMILES string of the molecule is COc1ccc(CN(C)c2c(Br)cc(C(=O)/C=C/N(C)C)cc2C2(C=O)CCC2)cc1. The van der Waals surface area contributed by atoms with E-state index >= 15 is 0 Å². The fraction of sp³-hybridized carbons (Fsp3) is 0.360. The van der Waals surface area contributed by atoms with Crippen LogP contribution in [0.2, 0.25) is 0 Å². The fourth-order valence-electron chi connectivity index (χ4n) is 3.91. The molecule has 0 spiro atoms. The molecule has 1 aliphatic rings. The number of methoxy groups -OCH3 is 1. The summed E-state index contributed by atoms with van der Waals surface area (Å²) in [5.41, 5.74) is 3.04. The molecule has 0 heterocycles. The first-order valence-electron chi connectivity index (χ1n) is 10.3. The third-order valence-corrected chi connectivity index (χ3v) is 6.44. The van der Waals surface area contributed by atoms with Gasteiger partial charge in [-0.1, -0.05) is 18.6 Å². The summed E-state index contributed by atoms with van der Waals surface area (Å²) in [6.07, 6.45) is 6.97. The van der Waals surface area contributed by atoms with E-state index < -0.39 is 5.41 Å². The molecule has 0 unspecified atom stereocenters. The van der Waals surface area contributed by atoms with Crippen LogP contribution in [0.15, 0.2) is 53.1 Å². The molecule has 0 aromatic heterocycles. The van der Waals surface area contributed by atoms with Gasteiger partial charge in [-0.15, -0.1) is 0 Å². The maximum atomic E-state index is 12.8. The average molecular weight is 485 g/mol. The van der Waals surface area contributed by atoms with Gasteiger partial charge in [-0.25, -0.2) is 0 Å². The lowest BCUT2D eigenvalue weighted by molar-refractivity contribution is -0.115. The number of carbonyl (C=O) groups is 2. The predicted octanol–water partition coefficient (Wildman–Crippen LogP) is 4.97. The molecule has 3 rings (SSSR count). The van der Waals surface area contributed by atoms with Gasteiger partial charge in [0.2, 0.25) is 0 Å². The van der Waals surface area contributed by atoms with Gasteiger partial charge in [-0.05, 0) is 64.2 Å². The number of carbonyl (C=O) groups excluding carboxylic acids is 2. The molecule has 0 N–H and O–H groups in total. The minimum atomic E-state index is -0.534. The van der Waals surface area contributed by atoms with Gasteiger partial charge in [0.25, 0.3) is 0 Å². The number of ketones is 1. The van der Waals surface area contributed by atoms with Gasteiger partial charge in [0.15, 0.2) is 5.78 Å². The largest absolute Gasteiger partial charge is 0.497 e. The first kappa shape index (κ1) is 23.1. The van der Waals surface area contributed by atoms with E-state index in [9.17, 15) is 9.59 Å². The molecule has 2 aromatic rings. The second-order valence-electron chi connectivity index (χ2n) is 8.33. The summed E-state index contributed by atoms with van der Waals surface area (Å²) in [5.74, 6) is 0.733. The number of halogens is 1. The van der Waals surface area contributed by atoms with Crippen LogP contribution in [0.1, 0.15) is 40.7 Å². The van der Waals surface area contributed by atoms with E-state index in [1.807, 2.05) is 62.4 Å². The smallest absolute Gasteiger partial charge is 0.187 e. The van der Waals surface area contributed by atoms with Crippen molar-refractivity contribution >= 4 is 33.7 Å². The second kappa shape index (κ2) is 9.69. The highest BCUT2D eigenvalue weighted by Gasteiger charge is 2.41. The van der Waals surface area contributed by atoms with Gasteiger partial charge in [0.05, 0.1) is 18.2 Å².